The predicted molar refractivity (Wildman–Crippen MR) is 87.8 cm³/mol. The number of amides is 1. The summed E-state index contributed by atoms with van der Waals surface area (Å²) in [5, 5.41) is 2.65. The number of nitrogens with zero attached hydrogens (tertiary/aromatic N) is 1. The Kier molecular flexibility index (Phi) is 5.19. The Bertz CT molecular complexity index is 775. The van der Waals surface area contributed by atoms with Gasteiger partial charge in [-0.15, -0.1) is 13.2 Å². The lowest BCUT2D eigenvalue weighted by Gasteiger charge is -2.15. The van der Waals surface area contributed by atoms with Gasteiger partial charge in [0.05, 0.1) is 6.04 Å². The second-order valence-corrected chi connectivity index (χ2v) is 6.05. The maximum Gasteiger partial charge on any atom is 0.573 e. The Balaban J connectivity index is 1.58. The summed E-state index contributed by atoms with van der Waals surface area (Å²) in [7, 11) is 1.92. The van der Waals surface area contributed by atoms with Crippen molar-refractivity contribution in [1.29, 1.82) is 0 Å². The molecule has 1 aliphatic rings. The molecule has 0 radical (unpaired) electrons. The first-order valence-electron chi connectivity index (χ1n) is 8.07. The van der Waals surface area contributed by atoms with Crippen LogP contribution in [0.5, 0.6) is 5.75 Å². The number of carbonyl (C=O) groups is 1. The largest absolute Gasteiger partial charge is 0.573 e. The number of hydrazine groups is 1. The summed E-state index contributed by atoms with van der Waals surface area (Å²) in [5.74, 6) is -0.615. The zero-order chi connectivity index (χ0) is 18.7. The van der Waals surface area contributed by atoms with Crippen molar-refractivity contribution in [3.63, 3.8) is 0 Å². The molecule has 2 aromatic rings. The second kappa shape index (κ2) is 7.38. The summed E-state index contributed by atoms with van der Waals surface area (Å²) >= 11 is 0. The topological polar surface area (TPSA) is 67.3 Å². The van der Waals surface area contributed by atoms with E-state index in [0.29, 0.717) is 6.42 Å². The number of rotatable bonds is 5. The van der Waals surface area contributed by atoms with Crippen molar-refractivity contribution < 1.29 is 22.7 Å². The van der Waals surface area contributed by atoms with Gasteiger partial charge >= 0.3 is 6.36 Å². The number of alkyl halides is 3. The Morgan fingerprint density at radius 1 is 1.27 bits per heavy atom. The van der Waals surface area contributed by atoms with Crippen LogP contribution < -0.4 is 20.9 Å². The minimum atomic E-state index is -4.78. The third kappa shape index (κ3) is 4.36. The lowest BCUT2D eigenvalue weighted by Crippen LogP contribution is -2.43. The van der Waals surface area contributed by atoms with Gasteiger partial charge in [0, 0.05) is 31.0 Å². The van der Waals surface area contributed by atoms with E-state index in [0.717, 1.165) is 5.69 Å². The van der Waals surface area contributed by atoms with Crippen LogP contribution in [0.15, 0.2) is 42.6 Å². The van der Waals surface area contributed by atoms with Crippen molar-refractivity contribution in [2.45, 2.75) is 31.4 Å². The molecule has 3 rings (SSSR count). The molecule has 1 aromatic heterocycles. The molecule has 1 aliphatic heterocycles. The fourth-order valence-corrected chi connectivity index (χ4v) is 2.94. The Hall–Kier alpha value is -2.52. The molecule has 0 spiro atoms. The number of carbonyl (C=O) groups excluding carboxylic acids is 1. The SMILES string of the molecule is Cn1cccc1C1CC(C(=O)NCc2ccccc2OC(F)(F)F)NN1. The van der Waals surface area contributed by atoms with Gasteiger partial charge < -0.3 is 14.6 Å². The molecule has 6 nitrogen and oxygen atoms in total. The van der Waals surface area contributed by atoms with Gasteiger partial charge in [0.2, 0.25) is 5.91 Å². The molecule has 26 heavy (non-hydrogen) atoms. The van der Waals surface area contributed by atoms with Crippen LogP contribution >= 0.6 is 0 Å². The van der Waals surface area contributed by atoms with Crippen molar-refractivity contribution in [1.82, 2.24) is 20.7 Å². The average molecular weight is 368 g/mol. The average Bonchev–Trinajstić information content (AvgIpc) is 3.21. The van der Waals surface area contributed by atoms with Crippen molar-refractivity contribution in [3.05, 3.63) is 53.9 Å². The number of nitrogens with one attached hydrogen (secondary N) is 3. The van der Waals surface area contributed by atoms with Gasteiger partial charge in [-0.3, -0.25) is 4.79 Å². The third-order valence-corrected chi connectivity index (χ3v) is 4.21. The minimum Gasteiger partial charge on any atom is -0.405 e. The van der Waals surface area contributed by atoms with Crippen LogP contribution in [-0.2, 0) is 18.4 Å². The maximum absolute atomic E-state index is 12.4. The van der Waals surface area contributed by atoms with E-state index in [-0.39, 0.29) is 29.8 Å². The monoisotopic (exact) mass is 368 g/mol. The van der Waals surface area contributed by atoms with Gasteiger partial charge in [0.1, 0.15) is 11.8 Å². The molecular formula is C17H19F3N4O2. The minimum absolute atomic E-state index is 0.0217. The molecule has 1 amide bonds. The lowest BCUT2D eigenvalue weighted by molar-refractivity contribution is -0.274. The number of halogens is 3. The fraction of sp³-hybridized carbons (Fsp3) is 0.353. The lowest BCUT2D eigenvalue weighted by atomic mass is 10.1. The van der Waals surface area contributed by atoms with Crippen molar-refractivity contribution in [3.8, 4) is 5.75 Å². The maximum atomic E-state index is 12.4. The highest BCUT2D eigenvalue weighted by molar-refractivity contribution is 5.82. The molecule has 3 N–H and O–H groups in total. The van der Waals surface area contributed by atoms with E-state index >= 15 is 0 Å². The Labute approximate surface area is 148 Å². The van der Waals surface area contributed by atoms with E-state index in [9.17, 15) is 18.0 Å². The summed E-state index contributed by atoms with van der Waals surface area (Å²) in [5.41, 5.74) is 7.28. The van der Waals surface area contributed by atoms with Crippen LogP contribution in [0.25, 0.3) is 0 Å². The molecule has 140 valence electrons. The van der Waals surface area contributed by atoms with Crippen LogP contribution in [0.4, 0.5) is 13.2 Å². The first-order chi connectivity index (χ1) is 12.3. The molecule has 0 saturated carbocycles. The number of aromatic nitrogens is 1. The number of ether oxygens (including phenoxy) is 1. The molecule has 2 heterocycles. The number of hydrogen-bond donors (Lipinski definition) is 3. The summed E-state index contributed by atoms with van der Waals surface area (Å²) < 4.78 is 43.3. The first-order valence-corrected chi connectivity index (χ1v) is 8.07. The number of para-hydroxylation sites is 1. The van der Waals surface area contributed by atoms with E-state index < -0.39 is 12.4 Å². The number of aryl methyl sites for hydroxylation is 1. The van der Waals surface area contributed by atoms with E-state index in [1.165, 1.54) is 18.2 Å². The van der Waals surface area contributed by atoms with Crippen LogP contribution in [-0.4, -0.2) is 22.9 Å². The molecule has 9 heteroatoms. The summed E-state index contributed by atoms with van der Waals surface area (Å²) in [6.45, 7) is -0.0575. The first kappa shape index (κ1) is 18.3. The highest BCUT2D eigenvalue weighted by atomic mass is 19.4. The normalized spacial score (nSPS) is 20.2. The van der Waals surface area contributed by atoms with Crippen molar-refractivity contribution >= 4 is 5.91 Å². The predicted octanol–water partition coefficient (Wildman–Crippen LogP) is 2.15. The van der Waals surface area contributed by atoms with Gasteiger partial charge in [-0.25, -0.2) is 10.9 Å². The number of hydrogen-bond acceptors (Lipinski definition) is 4. The molecule has 2 atom stereocenters. The van der Waals surface area contributed by atoms with Gasteiger partial charge in [-0.1, -0.05) is 18.2 Å². The van der Waals surface area contributed by atoms with E-state index in [4.69, 9.17) is 0 Å². The van der Waals surface area contributed by atoms with E-state index in [2.05, 4.69) is 20.9 Å². The van der Waals surface area contributed by atoms with Crippen LogP contribution in [0.2, 0.25) is 0 Å². The van der Waals surface area contributed by atoms with Crippen molar-refractivity contribution in [2.75, 3.05) is 0 Å². The van der Waals surface area contributed by atoms with Gasteiger partial charge in [0.25, 0.3) is 0 Å². The molecule has 0 aliphatic carbocycles. The molecule has 2 unspecified atom stereocenters. The van der Waals surface area contributed by atoms with Crippen molar-refractivity contribution in [2.24, 2.45) is 7.05 Å². The smallest absolute Gasteiger partial charge is 0.405 e. The van der Waals surface area contributed by atoms with Gasteiger partial charge in [0.15, 0.2) is 0 Å². The summed E-state index contributed by atoms with van der Waals surface area (Å²) in [4.78, 5) is 12.3. The molecule has 1 aromatic carbocycles. The number of benzene rings is 1. The summed E-state index contributed by atoms with van der Waals surface area (Å²) in [6, 6.07) is 9.11. The highest BCUT2D eigenvalue weighted by Crippen LogP contribution is 2.26. The highest BCUT2D eigenvalue weighted by Gasteiger charge is 2.33. The quantitative estimate of drug-likeness (QED) is 0.757. The fourth-order valence-electron chi connectivity index (χ4n) is 2.94. The van der Waals surface area contributed by atoms with Gasteiger partial charge in [-0.2, -0.15) is 0 Å². The van der Waals surface area contributed by atoms with E-state index in [1.807, 2.05) is 29.9 Å². The second-order valence-electron chi connectivity index (χ2n) is 6.05. The third-order valence-electron chi connectivity index (χ3n) is 4.21. The summed E-state index contributed by atoms with van der Waals surface area (Å²) in [6.07, 6.45) is -2.33. The molecular weight excluding hydrogens is 349 g/mol. The molecule has 1 fully saturated rings. The van der Waals surface area contributed by atoms with Gasteiger partial charge in [-0.05, 0) is 24.6 Å². The molecule has 0 bridgehead atoms. The molecule has 1 saturated heterocycles. The van der Waals surface area contributed by atoms with E-state index in [1.54, 1.807) is 6.07 Å². The van der Waals surface area contributed by atoms with Crippen LogP contribution in [0, 0.1) is 0 Å². The Morgan fingerprint density at radius 2 is 2.04 bits per heavy atom. The van der Waals surface area contributed by atoms with Crippen LogP contribution in [0.3, 0.4) is 0 Å². The zero-order valence-electron chi connectivity index (χ0n) is 14.0. The van der Waals surface area contributed by atoms with Crippen LogP contribution in [0.1, 0.15) is 23.7 Å². The Morgan fingerprint density at radius 3 is 2.73 bits per heavy atom. The zero-order valence-corrected chi connectivity index (χ0v) is 14.0. The standard InChI is InChI=1S/C17H19F3N4O2/c1-24-8-4-6-14(24)12-9-13(23-22-12)16(25)21-10-11-5-2-3-7-15(11)26-17(18,19)20/h2-8,12-13,22-23H,9-10H2,1H3,(H,21,25).